The lowest BCUT2D eigenvalue weighted by Gasteiger charge is -2.32. The largest absolute Gasteiger partial charge is 0.497 e. The van der Waals surface area contributed by atoms with Gasteiger partial charge in [0.15, 0.2) is 11.5 Å². The summed E-state index contributed by atoms with van der Waals surface area (Å²) in [5.74, 6) is 1.97. The SMILES string of the molecule is COc1ccc2c(c1)nc(N)n1nc([C@@H]3CCCN(c4cn([C@H](C)C(C)(C)O)nc4C)C3)nc21. The van der Waals surface area contributed by atoms with Crippen molar-refractivity contribution >= 4 is 28.2 Å². The van der Waals surface area contributed by atoms with E-state index in [1.165, 1.54) is 0 Å². The number of ether oxygens (including phenoxy) is 1. The Morgan fingerprint density at radius 2 is 2.03 bits per heavy atom. The number of rotatable bonds is 5. The Labute approximate surface area is 198 Å². The molecule has 0 amide bonds. The predicted molar refractivity (Wildman–Crippen MR) is 131 cm³/mol. The van der Waals surface area contributed by atoms with Gasteiger partial charge in [-0.25, -0.2) is 9.97 Å². The van der Waals surface area contributed by atoms with Crippen LogP contribution < -0.4 is 15.4 Å². The van der Waals surface area contributed by atoms with E-state index in [4.69, 9.17) is 20.6 Å². The van der Waals surface area contributed by atoms with E-state index in [0.717, 1.165) is 59.8 Å². The topological polar surface area (TPSA) is 120 Å². The number of benzene rings is 1. The molecule has 10 nitrogen and oxygen atoms in total. The molecular formula is C24H32N8O2. The highest BCUT2D eigenvalue weighted by molar-refractivity contribution is 5.93. The van der Waals surface area contributed by atoms with E-state index in [0.29, 0.717) is 11.6 Å². The second-order valence-corrected chi connectivity index (χ2v) is 9.75. The third kappa shape index (κ3) is 3.81. The first-order chi connectivity index (χ1) is 16.2. The molecule has 3 aromatic heterocycles. The number of nitrogens with zero attached hydrogens (tertiary/aromatic N) is 7. The van der Waals surface area contributed by atoms with Gasteiger partial charge in [-0.15, -0.1) is 5.10 Å². The molecule has 0 spiro atoms. The molecule has 5 rings (SSSR count). The van der Waals surface area contributed by atoms with Gasteiger partial charge >= 0.3 is 0 Å². The summed E-state index contributed by atoms with van der Waals surface area (Å²) in [4.78, 5) is 11.8. The second kappa shape index (κ2) is 8.12. The summed E-state index contributed by atoms with van der Waals surface area (Å²) in [6.45, 7) is 9.34. The van der Waals surface area contributed by atoms with Gasteiger partial charge in [0.25, 0.3) is 0 Å². The van der Waals surface area contributed by atoms with E-state index in [1.807, 2.05) is 42.9 Å². The van der Waals surface area contributed by atoms with Crippen LogP contribution in [0.2, 0.25) is 0 Å². The van der Waals surface area contributed by atoms with Crippen LogP contribution in [0, 0.1) is 6.92 Å². The summed E-state index contributed by atoms with van der Waals surface area (Å²) in [5, 5.41) is 20.7. The van der Waals surface area contributed by atoms with Crippen LogP contribution in [0.5, 0.6) is 5.75 Å². The number of aryl methyl sites for hydroxylation is 1. The van der Waals surface area contributed by atoms with Crippen LogP contribution in [-0.2, 0) is 0 Å². The van der Waals surface area contributed by atoms with Crippen molar-refractivity contribution in [3.05, 3.63) is 35.9 Å². The Bertz CT molecular complexity index is 1350. The van der Waals surface area contributed by atoms with Crippen molar-refractivity contribution in [3.63, 3.8) is 0 Å². The average molecular weight is 465 g/mol. The maximum Gasteiger partial charge on any atom is 0.223 e. The van der Waals surface area contributed by atoms with Gasteiger partial charge in [-0.3, -0.25) is 4.68 Å². The number of nitrogens with two attached hydrogens (primary N) is 1. The highest BCUT2D eigenvalue weighted by atomic mass is 16.5. The van der Waals surface area contributed by atoms with Crippen LogP contribution in [0.1, 0.15) is 57.1 Å². The van der Waals surface area contributed by atoms with E-state index >= 15 is 0 Å². The highest BCUT2D eigenvalue weighted by Crippen LogP contribution is 2.33. The Morgan fingerprint density at radius 3 is 2.76 bits per heavy atom. The van der Waals surface area contributed by atoms with E-state index in [-0.39, 0.29) is 12.0 Å². The number of hydrogen-bond acceptors (Lipinski definition) is 8. The fraction of sp³-hybridized carbons (Fsp3) is 0.500. The van der Waals surface area contributed by atoms with Crippen LogP contribution in [0.4, 0.5) is 11.6 Å². The van der Waals surface area contributed by atoms with Crippen molar-refractivity contribution in [3.8, 4) is 5.75 Å². The van der Waals surface area contributed by atoms with Gasteiger partial charge in [0, 0.05) is 36.7 Å². The standard InChI is InChI=1S/C24H32N8O2/c1-14-20(13-31(28-14)15(2)24(3,4)33)30-10-6-7-16(12-30)21-27-22-18-9-8-17(34-5)11-19(18)26-23(25)32(22)29-21/h8-9,11,13,15-16,33H,6-7,10,12H2,1-5H3,(H2,25,26)/t15-,16-/m1/s1. The van der Waals surface area contributed by atoms with Crippen molar-refractivity contribution < 1.29 is 9.84 Å². The van der Waals surface area contributed by atoms with Crippen LogP contribution >= 0.6 is 0 Å². The molecule has 1 aliphatic heterocycles. The number of aliphatic hydroxyl groups is 1. The molecule has 1 aromatic carbocycles. The van der Waals surface area contributed by atoms with E-state index in [2.05, 4.69) is 15.0 Å². The lowest BCUT2D eigenvalue weighted by Crippen LogP contribution is -2.35. The first kappa shape index (κ1) is 22.4. The molecule has 1 aliphatic rings. The minimum atomic E-state index is -0.860. The molecule has 2 atom stereocenters. The number of hydrogen-bond donors (Lipinski definition) is 2. The number of aromatic nitrogens is 6. The molecule has 0 aliphatic carbocycles. The Morgan fingerprint density at radius 1 is 1.24 bits per heavy atom. The Hall–Kier alpha value is -3.40. The molecule has 3 N–H and O–H groups in total. The first-order valence-corrected chi connectivity index (χ1v) is 11.7. The van der Waals surface area contributed by atoms with Gasteiger partial charge in [0.05, 0.1) is 35.7 Å². The maximum absolute atomic E-state index is 10.4. The van der Waals surface area contributed by atoms with Crippen molar-refractivity contribution in [2.75, 3.05) is 30.8 Å². The number of piperidine rings is 1. The third-order valence-corrected chi connectivity index (χ3v) is 6.96. The lowest BCUT2D eigenvalue weighted by atomic mass is 9.97. The summed E-state index contributed by atoms with van der Waals surface area (Å²) in [6, 6.07) is 5.56. The second-order valence-electron chi connectivity index (χ2n) is 9.75. The molecular weight excluding hydrogens is 432 g/mol. The third-order valence-electron chi connectivity index (χ3n) is 6.96. The van der Waals surface area contributed by atoms with Gasteiger partial charge in [0.1, 0.15) is 5.75 Å². The lowest BCUT2D eigenvalue weighted by molar-refractivity contribution is 0.0257. The summed E-state index contributed by atoms with van der Waals surface area (Å²) in [5.41, 5.74) is 8.85. The number of methoxy groups -OCH3 is 1. The molecule has 0 saturated carbocycles. The molecule has 0 bridgehead atoms. The summed E-state index contributed by atoms with van der Waals surface area (Å²) < 4.78 is 8.82. The molecule has 1 saturated heterocycles. The number of nitrogen functional groups attached to an aromatic ring is 1. The van der Waals surface area contributed by atoms with Crippen LogP contribution in [-0.4, -0.2) is 60.3 Å². The average Bonchev–Trinajstić information content (AvgIpc) is 3.42. The zero-order valence-electron chi connectivity index (χ0n) is 20.4. The van der Waals surface area contributed by atoms with Gasteiger partial charge in [0.2, 0.25) is 5.95 Å². The molecule has 0 unspecified atom stereocenters. The monoisotopic (exact) mass is 464 g/mol. The zero-order valence-corrected chi connectivity index (χ0v) is 20.4. The van der Waals surface area contributed by atoms with Crippen molar-refractivity contribution in [2.45, 2.75) is 58.1 Å². The molecule has 4 heterocycles. The molecule has 1 fully saturated rings. The smallest absolute Gasteiger partial charge is 0.223 e. The van der Waals surface area contributed by atoms with Crippen LogP contribution in [0.25, 0.3) is 16.6 Å². The van der Waals surface area contributed by atoms with Crippen LogP contribution in [0.15, 0.2) is 24.4 Å². The van der Waals surface area contributed by atoms with Crippen LogP contribution in [0.3, 0.4) is 0 Å². The van der Waals surface area contributed by atoms with Crippen molar-refractivity contribution in [1.82, 2.24) is 29.4 Å². The number of fused-ring (bicyclic) bond motifs is 3. The van der Waals surface area contributed by atoms with Gasteiger partial charge < -0.3 is 20.5 Å². The normalized spacial score (nSPS) is 18.1. The van der Waals surface area contributed by atoms with E-state index in [9.17, 15) is 5.11 Å². The molecule has 0 radical (unpaired) electrons. The summed E-state index contributed by atoms with van der Waals surface area (Å²) >= 11 is 0. The summed E-state index contributed by atoms with van der Waals surface area (Å²) in [6.07, 6.45) is 4.07. The first-order valence-electron chi connectivity index (χ1n) is 11.7. The van der Waals surface area contributed by atoms with Crippen molar-refractivity contribution in [2.24, 2.45) is 0 Å². The fourth-order valence-electron chi connectivity index (χ4n) is 4.64. The quantitative estimate of drug-likeness (QED) is 0.462. The zero-order chi connectivity index (χ0) is 24.2. The van der Waals surface area contributed by atoms with Gasteiger partial charge in [-0.05, 0) is 52.7 Å². The molecule has 4 aromatic rings. The highest BCUT2D eigenvalue weighted by Gasteiger charge is 2.30. The van der Waals surface area contributed by atoms with E-state index in [1.54, 1.807) is 25.5 Å². The molecule has 34 heavy (non-hydrogen) atoms. The fourth-order valence-corrected chi connectivity index (χ4v) is 4.64. The van der Waals surface area contributed by atoms with Gasteiger partial charge in [-0.2, -0.15) is 9.61 Å². The Balaban J connectivity index is 1.46. The predicted octanol–water partition coefficient (Wildman–Crippen LogP) is 3.09. The minimum Gasteiger partial charge on any atom is -0.497 e. The minimum absolute atomic E-state index is 0.136. The van der Waals surface area contributed by atoms with E-state index < -0.39 is 5.60 Å². The molecule has 10 heteroatoms. The maximum atomic E-state index is 10.4. The Kier molecular flexibility index (Phi) is 5.35. The van der Waals surface area contributed by atoms with Crippen molar-refractivity contribution in [1.29, 1.82) is 0 Å². The molecule has 180 valence electrons. The summed E-state index contributed by atoms with van der Waals surface area (Å²) in [7, 11) is 1.63. The number of anilines is 2. The van der Waals surface area contributed by atoms with Gasteiger partial charge in [-0.1, -0.05) is 0 Å².